The van der Waals surface area contributed by atoms with Crippen molar-refractivity contribution in [3.63, 3.8) is 0 Å². The zero-order valence-electron chi connectivity index (χ0n) is 10.8. The van der Waals surface area contributed by atoms with Crippen LogP contribution in [0.25, 0.3) is 0 Å². The Bertz CT molecular complexity index is 714. The Morgan fingerprint density at radius 3 is 2.36 bits per heavy atom. The Morgan fingerprint density at radius 1 is 1.18 bits per heavy atom. The fourth-order valence-corrected chi connectivity index (χ4v) is 1.60. The number of non-ortho nitro benzene ring substituents is 1. The second kappa shape index (κ2) is 5.80. The van der Waals surface area contributed by atoms with Crippen molar-refractivity contribution in [1.29, 1.82) is 0 Å². The van der Waals surface area contributed by atoms with Crippen LogP contribution in [0.1, 0.15) is 15.9 Å². The molecule has 0 aliphatic carbocycles. The first-order valence-corrected chi connectivity index (χ1v) is 5.86. The molecule has 114 valence electrons. The molecule has 0 spiro atoms. The van der Waals surface area contributed by atoms with Crippen LogP contribution in [0.3, 0.4) is 0 Å². The van der Waals surface area contributed by atoms with Crippen LogP contribution in [0, 0.1) is 10.1 Å². The fourth-order valence-electron chi connectivity index (χ4n) is 1.60. The number of benzene rings is 1. The van der Waals surface area contributed by atoms with Gasteiger partial charge in [-0.2, -0.15) is 13.2 Å². The second-order valence-corrected chi connectivity index (χ2v) is 4.19. The zero-order chi connectivity index (χ0) is 16.3. The average molecular weight is 311 g/mol. The molecule has 2 rings (SSSR count). The van der Waals surface area contributed by atoms with Crippen molar-refractivity contribution in [3.05, 3.63) is 63.8 Å². The highest BCUT2D eigenvalue weighted by Crippen LogP contribution is 2.29. The molecule has 1 heterocycles. The van der Waals surface area contributed by atoms with Crippen molar-refractivity contribution in [2.75, 3.05) is 5.32 Å². The molecule has 1 aromatic heterocycles. The van der Waals surface area contributed by atoms with Gasteiger partial charge in [0.2, 0.25) is 0 Å². The first-order chi connectivity index (χ1) is 10.3. The summed E-state index contributed by atoms with van der Waals surface area (Å²) in [7, 11) is 0. The third-order valence-electron chi connectivity index (χ3n) is 2.67. The summed E-state index contributed by atoms with van der Waals surface area (Å²) in [5, 5.41) is 12.7. The van der Waals surface area contributed by atoms with E-state index in [0.29, 0.717) is 6.07 Å². The van der Waals surface area contributed by atoms with Crippen molar-refractivity contribution >= 4 is 17.4 Å². The molecule has 1 aromatic carbocycles. The number of amides is 1. The van der Waals surface area contributed by atoms with Crippen LogP contribution in [-0.2, 0) is 6.18 Å². The number of carbonyl (C=O) groups excluding carboxylic acids is 1. The lowest BCUT2D eigenvalue weighted by molar-refractivity contribution is -0.384. The highest BCUT2D eigenvalue weighted by molar-refractivity contribution is 6.03. The number of rotatable bonds is 3. The summed E-state index contributed by atoms with van der Waals surface area (Å²) in [6.45, 7) is 0. The molecule has 6 nitrogen and oxygen atoms in total. The van der Waals surface area contributed by atoms with E-state index in [1.807, 2.05) is 0 Å². The standard InChI is InChI=1S/C13H8F3N3O3/c14-13(15,16)9-5-6-17-11(7-9)18-12(20)8-1-3-10(4-2-8)19(21)22/h1-7H,(H,17,18,20). The molecule has 0 unspecified atom stereocenters. The molecule has 2 aromatic rings. The van der Waals surface area contributed by atoms with Gasteiger partial charge in [-0.15, -0.1) is 0 Å². The number of hydrogen-bond donors (Lipinski definition) is 1. The van der Waals surface area contributed by atoms with E-state index in [1.54, 1.807) is 0 Å². The summed E-state index contributed by atoms with van der Waals surface area (Å²) < 4.78 is 37.6. The van der Waals surface area contributed by atoms with Gasteiger partial charge in [0.15, 0.2) is 0 Å². The molecule has 0 fully saturated rings. The molecular weight excluding hydrogens is 303 g/mol. The van der Waals surface area contributed by atoms with Crippen molar-refractivity contribution in [2.45, 2.75) is 6.18 Å². The number of nitro benzene ring substituents is 1. The van der Waals surface area contributed by atoms with Crippen LogP contribution in [-0.4, -0.2) is 15.8 Å². The highest BCUT2D eigenvalue weighted by Gasteiger charge is 2.30. The number of alkyl halides is 3. The van der Waals surface area contributed by atoms with Crippen molar-refractivity contribution in [2.24, 2.45) is 0 Å². The number of hydrogen-bond acceptors (Lipinski definition) is 4. The van der Waals surface area contributed by atoms with Crippen molar-refractivity contribution in [3.8, 4) is 0 Å². The largest absolute Gasteiger partial charge is 0.416 e. The molecule has 0 atom stereocenters. The molecule has 0 bridgehead atoms. The molecule has 1 N–H and O–H groups in total. The number of anilines is 1. The van der Waals surface area contributed by atoms with Gasteiger partial charge in [0.1, 0.15) is 5.82 Å². The van der Waals surface area contributed by atoms with Gasteiger partial charge in [-0.1, -0.05) is 0 Å². The SMILES string of the molecule is O=C(Nc1cc(C(F)(F)F)ccn1)c1ccc([N+](=O)[O-])cc1. The van der Waals surface area contributed by atoms with E-state index in [-0.39, 0.29) is 17.1 Å². The quantitative estimate of drug-likeness (QED) is 0.696. The van der Waals surface area contributed by atoms with Gasteiger partial charge in [0.25, 0.3) is 11.6 Å². The maximum atomic E-state index is 12.5. The topological polar surface area (TPSA) is 85.1 Å². The van der Waals surface area contributed by atoms with E-state index in [4.69, 9.17) is 0 Å². The van der Waals surface area contributed by atoms with Gasteiger partial charge in [-0.05, 0) is 24.3 Å². The summed E-state index contributed by atoms with van der Waals surface area (Å²) in [5.41, 5.74) is -1.08. The molecular formula is C13H8F3N3O3. The summed E-state index contributed by atoms with van der Waals surface area (Å²) in [4.78, 5) is 25.3. The second-order valence-electron chi connectivity index (χ2n) is 4.19. The van der Waals surface area contributed by atoms with Gasteiger partial charge >= 0.3 is 6.18 Å². The zero-order valence-corrected chi connectivity index (χ0v) is 10.8. The maximum absolute atomic E-state index is 12.5. The van der Waals surface area contributed by atoms with Crippen LogP contribution < -0.4 is 5.32 Å². The Hall–Kier alpha value is -2.97. The van der Waals surface area contributed by atoms with E-state index >= 15 is 0 Å². The van der Waals surface area contributed by atoms with Crippen LogP contribution in [0.2, 0.25) is 0 Å². The Balaban J connectivity index is 2.17. The predicted octanol–water partition coefficient (Wildman–Crippen LogP) is 3.26. The van der Waals surface area contributed by atoms with Crippen LogP contribution >= 0.6 is 0 Å². The third-order valence-corrected chi connectivity index (χ3v) is 2.67. The third kappa shape index (κ3) is 3.57. The van der Waals surface area contributed by atoms with Crippen LogP contribution in [0.4, 0.5) is 24.7 Å². The van der Waals surface area contributed by atoms with E-state index in [9.17, 15) is 28.1 Å². The number of pyridine rings is 1. The average Bonchev–Trinajstić information content (AvgIpc) is 2.46. The lowest BCUT2D eigenvalue weighted by atomic mass is 10.2. The van der Waals surface area contributed by atoms with E-state index < -0.39 is 22.6 Å². The number of nitrogens with one attached hydrogen (secondary N) is 1. The Morgan fingerprint density at radius 2 is 1.82 bits per heavy atom. The summed E-state index contributed by atoms with van der Waals surface area (Å²) in [6, 6.07) is 6.11. The first-order valence-electron chi connectivity index (χ1n) is 5.86. The number of nitrogens with zero attached hydrogens (tertiary/aromatic N) is 2. The van der Waals surface area contributed by atoms with Gasteiger partial charge in [-0.25, -0.2) is 4.98 Å². The molecule has 0 saturated carbocycles. The number of carbonyl (C=O) groups is 1. The minimum atomic E-state index is -4.55. The molecule has 0 radical (unpaired) electrons. The van der Waals surface area contributed by atoms with Crippen molar-refractivity contribution in [1.82, 2.24) is 4.98 Å². The Labute approximate surface area is 121 Å². The molecule has 0 aliphatic rings. The van der Waals surface area contributed by atoms with Crippen LogP contribution in [0.5, 0.6) is 0 Å². The molecule has 0 aliphatic heterocycles. The fraction of sp³-hybridized carbons (Fsp3) is 0.0769. The van der Waals surface area contributed by atoms with Crippen LogP contribution in [0.15, 0.2) is 42.6 Å². The molecule has 22 heavy (non-hydrogen) atoms. The van der Waals surface area contributed by atoms with E-state index in [1.165, 1.54) is 12.1 Å². The van der Waals surface area contributed by atoms with Gasteiger partial charge in [-0.3, -0.25) is 14.9 Å². The summed E-state index contributed by atoms with van der Waals surface area (Å²) >= 11 is 0. The summed E-state index contributed by atoms with van der Waals surface area (Å²) in [5.74, 6) is -0.986. The van der Waals surface area contributed by atoms with Gasteiger partial charge < -0.3 is 5.32 Å². The minimum Gasteiger partial charge on any atom is -0.307 e. The predicted molar refractivity (Wildman–Crippen MR) is 70.3 cm³/mol. The summed E-state index contributed by atoms with van der Waals surface area (Å²) in [6.07, 6.45) is -3.62. The Kier molecular flexibility index (Phi) is 4.06. The number of nitro groups is 1. The molecule has 1 amide bonds. The first kappa shape index (κ1) is 15.4. The number of aromatic nitrogens is 1. The smallest absolute Gasteiger partial charge is 0.307 e. The van der Waals surface area contributed by atoms with E-state index in [2.05, 4.69) is 10.3 Å². The van der Waals surface area contributed by atoms with Gasteiger partial charge in [0.05, 0.1) is 10.5 Å². The van der Waals surface area contributed by atoms with Crippen molar-refractivity contribution < 1.29 is 22.9 Å². The lowest BCUT2D eigenvalue weighted by Crippen LogP contribution is -2.14. The molecule has 9 heteroatoms. The highest BCUT2D eigenvalue weighted by atomic mass is 19.4. The lowest BCUT2D eigenvalue weighted by Gasteiger charge is -2.09. The maximum Gasteiger partial charge on any atom is 0.416 e. The number of halogens is 3. The van der Waals surface area contributed by atoms with E-state index in [0.717, 1.165) is 24.4 Å². The van der Waals surface area contributed by atoms with Gasteiger partial charge in [0, 0.05) is 23.9 Å². The minimum absolute atomic E-state index is 0.0600. The monoisotopic (exact) mass is 311 g/mol. The normalized spacial score (nSPS) is 11.0. The molecule has 0 saturated heterocycles.